The predicted octanol–water partition coefficient (Wildman–Crippen LogP) is 3.00. The Bertz CT molecular complexity index is 629. The van der Waals surface area contributed by atoms with Gasteiger partial charge in [-0.15, -0.1) is 0 Å². The second-order valence-corrected chi connectivity index (χ2v) is 7.71. The Labute approximate surface area is 166 Å². The van der Waals surface area contributed by atoms with Crippen LogP contribution in [0.3, 0.4) is 0 Å². The summed E-state index contributed by atoms with van der Waals surface area (Å²) in [6, 6.07) is 5.48. The van der Waals surface area contributed by atoms with Crippen molar-refractivity contribution in [3.05, 3.63) is 34.6 Å². The largest absolute Gasteiger partial charge is 0.383 e. The minimum Gasteiger partial charge on any atom is -0.383 e. The van der Waals surface area contributed by atoms with Crippen LogP contribution in [0.2, 0.25) is 5.02 Å². The molecular formula is C20H30ClFN4O. The molecule has 0 aromatic heterocycles. The molecule has 2 atom stereocenters. The smallest absolute Gasteiger partial charge is 0.191 e. The zero-order valence-corrected chi connectivity index (χ0v) is 16.9. The molecule has 2 unspecified atom stereocenters. The van der Waals surface area contributed by atoms with E-state index in [1.165, 1.54) is 6.07 Å². The summed E-state index contributed by atoms with van der Waals surface area (Å²) < 4.78 is 19.3. The van der Waals surface area contributed by atoms with Gasteiger partial charge in [0, 0.05) is 61.9 Å². The van der Waals surface area contributed by atoms with Crippen molar-refractivity contribution in [2.24, 2.45) is 4.99 Å². The van der Waals surface area contributed by atoms with E-state index in [0.29, 0.717) is 23.2 Å². The molecule has 1 heterocycles. The fourth-order valence-corrected chi connectivity index (χ4v) is 4.02. The van der Waals surface area contributed by atoms with E-state index in [0.717, 1.165) is 51.5 Å². The molecule has 7 heteroatoms. The standard InChI is InChI=1S/C20H30ClFN4O/c1-3-23-20(24-14-7-9-26(10-8-14)11-12-27-2)25-18-13-15(18)19-16(21)5-4-6-17(19)22/h4-6,14-15,18H,3,7-13H2,1-2H3,(H2,23,24,25). The van der Waals surface area contributed by atoms with Crippen LogP contribution >= 0.6 is 11.6 Å². The Morgan fingerprint density at radius 2 is 2.11 bits per heavy atom. The average Bonchev–Trinajstić information content (AvgIpc) is 3.40. The van der Waals surface area contributed by atoms with E-state index < -0.39 is 0 Å². The Balaban J connectivity index is 1.50. The van der Waals surface area contributed by atoms with Gasteiger partial charge >= 0.3 is 0 Å². The van der Waals surface area contributed by atoms with E-state index >= 15 is 0 Å². The number of halogens is 2. The van der Waals surface area contributed by atoms with Gasteiger partial charge < -0.3 is 20.3 Å². The zero-order chi connectivity index (χ0) is 19.2. The number of methoxy groups -OCH3 is 1. The van der Waals surface area contributed by atoms with E-state index in [1.807, 2.05) is 6.92 Å². The van der Waals surface area contributed by atoms with Crippen LogP contribution in [-0.4, -0.2) is 62.8 Å². The SMILES string of the molecule is CCN=C(NC1CCN(CCOC)CC1)NC1CC1c1c(F)cccc1Cl. The molecule has 1 aromatic carbocycles. The third-order valence-corrected chi connectivity index (χ3v) is 5.67. The highest BCUT2D eigenvalue weighted by molar-refractivity contribution is 6.31. The van der Waals surface area contributed by atoms with Gasteiger partial charge in [-0.1, -0.05) is 17.7 Å². The molecule has 27 heavy (non-hydrogen) atoms. The van der Waals surface area contributed by atoms with Crippen molar-refractivity contribution in [2.75, 3.05) is 39.9 Å². The minimum atomic E-state index is -0.220. The maximum atomic E-state index is 14.1. The van der Waals surface area contributed by atoms with Gasteiger partial charge in [-0.25, -0.2) is 4.39 Å². The summed E-state index contributed by atoms with van der Waals surface area (Å²) in [5.74, 6) is 0.716. The van der Waals surface area contributed by atoms with E-state index in [-0.39, 0.29) is 17.8 Å². The molecule has 0 radical (unpaired) electrons. The summed E-state index contributed by atoms with van der Waals surface area (Å²) >= 11 is 6.21. The van der Waals surface area contributed by atoms with Crippen LogP contribution in [0.1, 0.15) is 37.7 Å². The third kappa shape index (κ3) is 5.56. The van der Waals surface area contributed by atoms with Crippen molar-refractivity contribution in [3.63, 3.8) is 0 Å². The van der Waals surface area contributed by atoms with Gasteiger partial charge in [0.05, 0.1) is 6.61 Å². The average molecular weight is 397 g/mol. The lowest BCUT2D eigenvalue weighted by Crippen LogP contribution is -2.49. The van der Waals surface area contributed by atoms with Crippen molar-refractivity contribution in [3.8, 4) is 0 Å². The van der Waals surface area contributed by atoms with Gasteiger partial charge in [-0.05, 0) is 38.3 Å². The summed E-state index contributed by atoms with van der Waals surface area (Å²) in [4.78, 5) is 7.01. The van der Waals surface area contributed by atoms with E-state index in [9.17, 15) is 4.39 Å². The first-order chi connectivity index (χ1) is 13.1. The number of nitrogens with zero attached hydrogens (tertiary/aromatic N) is 2. The van der Waals surface area contributed by atoms with Crippen LogP contribution in [0.25, 0.3) is 0 Å². The third-order valence-electron chi connectivity index (χ3n) is 5.34. The first kappa shape index (κ1) is 20.4. The summed E-state index contributed by atoms with van der Waals surface area (Å²) in [6.07, 6.45) is 3.04. The van der Waals surface area contributed by atoms with Gasteiger partial charge in [0.2, 0.25) is 0 Å². The molecule has 0 spiro atoms. The van der Waals surface area contributed by atoms with Gasteiger partial charge in [0.1, 0.15) is 5.82 Å². The summed E-state index contributed by atoms with van der Waals surface area (Å²) in [6.45, 7) is 6.64. The number of nitrogens with one attached hydrogen (secondary N) is 2. The second-order valence-electron chi connectivity index (χ2n) is 7.30. The molecule has 1 aromatic rings. The van der Waals surface area contributed by atoms with Crippen molar-refractivity contribution in [2.45, 2.75) is 44.2 Å². The Morgan fingerprint density at radius 1 is 1.33 bits per heavy atom. The van der Waals surface area contributed by atoms with Crippen LogP contribution in [0.5, 0.6) is 0 Å². The highest BCUT2D eigenvalue weighted by Crippen LogP contribution is 2.44. The highest BCUT2D eigenvalue weighted by atomic mass is 35.5. The normalized spacial score (nSPS) is 24.1. The van der Waals surface area contributed by atoms with Gasteiger partial charge in [-0.3, -0.25) is 4.99 Å². The van der Waals surface area contributed by atoms with Crippen LogP contribution in [0, 0.1) is 5.82 Å². The Hall–Kier alpha value is -1.37. The molecular weight excluding hydrogens is 367 g/mol. The van der Waals surface area contributed by atoms with Crippen molar-refractivity contribution >= 4 is 17.6 Å². The minimum absolute atomic E-state index is 0.110. The molecule has 1 saturated carbocycles. The molecule has 150 valence electrons. The van der Waals surface area contributed by atoms with E-state index in [1.54, 1.807) is 19.2 Å². The number of ether oxygens (including phenoxy) is 1. The van der Waals surface area contributed by atoms with Gasteiger partial charge in [0.25, 0.3) is 0 Å². The fraction of sp³-hybridized carbons (Fsp3) is 0.650. The van der Waals surface area contributed by atoms with Crippen molar-refractivity contribution in [1.29, 1.82) is 0 Å². The molecule has 1 aliphatic carbocycles. The number of hydrogen-bond acceptors (Lipinski definition) is 3. The molecule has 5 nitrogen and oxygen atoms in total. The van der Waals surface area contributed by atoms with Crippen LogP contribution in [0.15, 0.2) is 23.2 Å². The maximum Gasteiger partial charge on any atom is 0.191 e. The molecule has 0 amide bonds. The molecule has 0 bridgehead atoms. The second kappa shape index (κ2) is 9.71. The molecule has 2 fully saturated rings. The van der Waals surface area contributed by atoms with Crippen LogP contribution in [0.4, 0.5) is 4.39 Å². The van der Waals surface area contributed by atoms with Gasteiger partial charge in [0.15, 0.2) is 5.96 Å². The first-order valence-electron chi connectivity index (χ1n) is 9.85. The fourth-order valence-electron chi connectivity index (χ4n) is 3.72. The number of aliphatic imine (C=N–C) groups is 1. The van der Waals surface area contributed by atoms with Crippen molar-refractivity contribution < 1.29 is 9.13 Å². The summed E-state index contributed by atoms with van der Waals surface area (Å²) in [5, 5.41) is 7.54. The molecule has 2 aliphatic rings. The topological polar surface area (TPSA) is 48.9 Å². The lowest BCUT2D eigenvalue weighted by atomic mass is 10.1. The zero-order valence-electron chi connectivity index (χ0n) is 16.2. The predicted molar refractivity (Wildman–Crippen MR) is 108 cm³/mol. The number of benzene rings is 1. The number of guanidine groups is 1. The molecule has 3 rings (SSSR count). The summed E-state index contributed by atoms with van der Waals surface area (Å²) in [7, 11) is 1.74. The van der Waals surface area contributed by atoms with Crippen LogP contribution in [-0.2, 0) is 4.74 Å². The number of hydrogen-bond donors (Lipinski definition) is 2. The first-order valence-corrected chi connectivity index (χ1v) is 10.2. The lowest BCUT2D eigenvalue weighted by molar-refractivity contribution is 0.128. The molecule has 2 N–H and O–H groups in total. The highest BCUT2D eigenvalue weighted by Gasteiger charge is 2.42. The Morgan fingerprint density at radius 3 is 2.78 bits per heavy atom. The molecule has 1 saturated heterocycles. The number of rotatable bonds is 7. The number of likely N-dealkylation sites (tertiary alicyclic amines) is 1. The van der Waals surface area contributed by atoms with Gasteiger partial charge in [-0.2, -0.15) is 0 Å². The van der Waals surface area contributed by atoms with Crippen LogP contribution < -0.4 is 10.6 Å². The monoisotopic (exact) mass is 396 g/mol. The maximum absolute atomic E-state index is 14.1. The number of piperidine rings is 1. The lowest BCUT2D eigenvalue weighted by Gasteiger charge is -2.33. The summed E-state index contributed by atoms with van der Waals surface area (Å²) in [5.41, 5.74) is 0.624. The molecule has 1 aliphatic heterocycles. The quantitative estimate of drug-likeness (QED) is 0.549. The van der Waals surface area contributed by atoms with Crippen molar-refractivity contribution in [1.82, 2.24) is 15.5 Å². The Kier molecular flexibility index (Phi) is 7.33. The van der Waals surface area contributed by atoms with E-state index in [4.69, 9.17) is 16.3 Å². The van der Waals surface area contributed by atoms with E-state index in [2.05, 4.69) is 20.5 Å².